The fraction of sp³-hybridized carbons (Fsp3) is 0.438. The van der Waals surface area contributed by atoms with Crippen molar-refractivity contribution in [2.45, 2.75) is 34.1 Å². The van der Waals surface area contributed by atoms with Crippen LogP contribution in [0.25, 0.3) is 0 Å². The maximum absolute atomic E-state index is 12.2. The lowest BCUT2D eigenvalue weighted by Gasteiger charge is -2.19. The molecule has 0 saturated heterocycles. The van der Waals surface area contributed by atoms with Crippen LogP contribution in [0, 0.1) is 23.7 Å². The Bertz CT molecular complexity index is 593. The summed E-state index contributed by atoms with van der Waals surface area (Å²) in [6.45, 7) is 7.67. The summed E-state index contributed by atoms with van der Waals surface area (Å²) in [5.41, 5.74) is 4.15. The van der Waals surface area contributed by atoms with Gasteiger partial charge in [-0.3, -0.25) is 4.79 Å². The molecule has 112 valence electrons. The number of carbonyl (C=O) groups is 1. The molecule has 0 radical (unpaired) electrons. The van der Waals surface area contributed by atoms with E-state index in [0.717, 1.165) is 5.56 Å². The second kappa shape index (κ2) is 6.89. The quantitative estimate of drug-likeness (QED) is 0.683. The zero-order valence-electron chi connectivity index (χ0n) is 13.2. The summed E-state index contributed by atoms with van der Waals surface area (Å²) in [4.78, 5) is 12.2. The van der Waals surface area contributed by atoms with Crippen molar-refractivity contribution in [2.24, 2.45) is 10.5 Å². The summed E-state index contributed by atoms with van der Waals surface area (Å²) in [7, 11) is 1.56. The molecule has 1 amide bonds. The third-order valence-electron chi connectivity index (χ3n) is 3.15. The number of hydrogen-bond donors (Lipinski definition) is 1. The number of carbonyl (C=O) groups excluding carboxylic acids is 1. The number of benzene rings is 1. The predicted molar refractivity (Wildman–Crippen MR) is 82.3 cm³/mol. The van der Waals surface area contributed by atoms with Crippen molar-refractivity contribution in [2.75, 3.05) is 7.11 Å². The van der Waals surface area contributed by atoms with Crippen molar-refractivity contribution in [1.82, 2.24) is 5.43 Å². The van der Waals surface area contributed by atoms with Crippen LogP contribution >= 0.6 is 0 Å². The number of nitrogens with one attached hydrogen (secondary N) is 1. The van der Waals surface area contributed by atoms with E-state index in [1.807, 2.05) is 27.7 Å². The molecule has 1 aromatic rings. The minimum Gasteiger partial charge on any atom is -0.496 e. The predicted octanol–water partition coefficient (Wildman–Crippen LogP) is 3.05. The van der Waals surface area contributed by atoms with Crippen LogP contribution in [0.2, 0.25) is 0 Å². The van der Waals surface area contributed by atoms with E-state index in [1.165, 1.54) is 0 Å². The monoisotopic (exact) mass is 287 g/mol. The molecule has 0 fully saturated rings. The number of nitrogens with zero attached hydrogens (tertiary/aromatic N) is 2. The van der Waals surface area contributed by atoms with Gasteiger partial charge in [-0.15, -0.1) is 0 Å². The highest BCUT2D eigenvalue weighted by molar-refractivity contribution is 5.98. The highest BCUT2D eigenvalue weighted by atomic mass is 16.5. The molecule has 0 atom stereocenters. The lowest BCUT2D eigenvalue weighted by molar-refractivity contribution is 0.0953. The molecule has 0 aliphatic carbocycles. The van der Waals surface area contributed by atoms with Gasteiger partial charge in [-0.25, -0.2) is 5.43 Å². The highest BCUT2D eigenvalue weighted by Gasteiger charge is 2.19. The van der Waals surface area contributed by atoms with Crippen LogP contribution in [0.3, 0.4) is 0 Å². The zero-order chi connectivity index (χ0) is 16.0. The molecule has 0 saturated carbocycles. The van der Waals surface area contributed by atoms with E-state index in [4.69, 9.17) is 10.00 Å². The lowest BCUT2D eigenvalue weighted by atomic mass is 9.88. The van der Waals surface area contributed by atoms with Crippen LogP contribution in [0.4, 0.5) is 0 Å². The molecule has 0 aromatic heterocycles. The third-order valence-corrected chi connectivity index (χ3v) is 3.15. The average molecular weight is 287 g/mol. The summed E-state index contributed by atoms with van der Waals surface area (Å²) >= 11 is 0. The Morgan fingerprint density at radius 2 is 2.10 bits per heavy atom. The maximum atomic E-state index is 12.2. The number of nitriles is 1. The SMILES string of the molecule is COc1cccc(C(=O)N/N=C(/CC#N)C(C)(C)C)c1C. The first-order chi connectivity index (χ1) is 9.81. The number of hydrogen-bond acceptors (Lipinski definition) is 4. The molecule has 1 rings (SSSR count). The molecule has 0 aliphatic heterocycles. The van der Waals surface area contributed by atoms with Gasteiger partial charge in [0.15, 0.2) is 0 Å². The number of methoxy groups -OCH3 is 1. The third kappa shape index (κ3) is 4.32. The molecule has 5 heteroatoms. The number of hydrazone groups is 1. The van der Waals surface area contributed by atoms with Crippen LogP contribution in [-0.2, 0) is 0 Å². The molecule has 0 heterocycles. The van der Waals surface area contributed by atoms with Gasteiger partial charge >= 0.3 is 0 Å². The Balaban J connectivity index is 2.99. The summed E-state index contributed by atoms with van der Waals surface area (Å²) < 4.78 is 5.20. The first-order valence-electron chi connectivity index (χ1n) is 6.69. The van der Waals surface area contributed by atoms with Gasteiger partial charge in [0.05, 0.1) is 25.3 Å². The second-order valence-corrected chi connectivity index (χ2v) is 5.72. The van der Waals surface area contributed by atoms with Gasteiger partial charge in [0.1, 0.15) is 5.75 Å². The lowest BCUT2D eigenvalue weighted by Crippen LogP contribution is -2.26. The molecule has 0 bridgehead atoms. The van der Waals surface area contributed by atoms with Crippen molar-refractivity contribution in [1.29, 1.82) is 5.26 Å². The zero-order valence-corrected chi connectivity index (χ0v) is 13.2. The van der Waals surface area contributed by atoms with E-state index in [2.05, 4.69) is 16.6 Å². The van der Waals surface area contributed by atoms with Gasteiger partial charge in [0.25, 0.3) is 5.91 Å². The Morgan fingerprint density at radius 1 is 1.43 bits per heavy atom. The first kappa shape index (κ1) is 16.7. The van der Waals surface area contributed by atoms with Crippen LogP contribution < -0.4 is 10.2 Å². The number of amides is 1. The maximum Gasteiger partial charge on any atom is 0.271 e. The van der Waals surface area contributed by atoms with E-state index in [1.54, 1.807) is 25.3 Å². The fourth-order valence-corrected chi connectivity index (χ4v) is 1.81. The summed E-state index contributed by atoms with van der Waals surface area (Å²) in [6, 6.07) is 7.33. The summed E-state index contributed by atoms with van der Waals surface area (Å²) in [5.74, 6) is 0.339. The van der Waals surface area contributed by atoms with Crippen LogP contribution in [0.1, 0.15) is 43.1 Å². The number of rotatable bonds is 4. The summed E-state index contributed by atoms with van der Waals surface area (Å²) in [6.07, 6.45) is 0.181. The fourth-order valence-electron chi connectivity index (χ4n) is 1.81. The van der Waals surface area contributed by atoms with E-state index < -0.39 is 0 Å². The van der Waals surface area contributed by atoms with Gasteiger partial charge in [-0.05, 0) is 19.1 Å². The van der Waals surface area contributed by atoms with Crippen molar-refractivity contribution < 1.29 is 9.53 Å². The molecule has 0 aliphatic rings. The Kier molecular flexibility index (Phi) is 5.48. The van der Waals surface area contributed by atoms with Crippen molar-refractivity contribution in [3.05, 3.63) is 29.3 Å². The normalized spacial score (nSPS) is 11.7. The first-order valence-corrected chi connectivity index (χ1v) is 6.69. The molecule has 0 unspecified atom stereocenters. The van der Waals surface area contributed by atoms with E-state index in [-0.39, 0.29) is 17.7 Å². The van der Waals surface area contributed by atoms with E-state index >= 15 is 0 Å². The summed E-state index contributed by atoms with van der Waals surface area (Å²) in [5, 5.41) is 12.9. The van der Waals surface area contributed by atoms with Gasteiger partial charge in [0.2, 0.25) is 0 Å². The van der Waals surface area contributed by atoms with Gasteiger partial charge in [0, 0.05) is 16.5 Å². The molecule has 0 spiro atoms. The van der Waals surface area contributed by atoms with E-state index in [9.17, 15) is 4.79 Å². The average Bonchev–Trinajstić information content (AvgIpc) is 2.42. The van der Waals surface area contributed by atoms with Crippen LogP contribution in [0.15, 0.2) is 23.3 Å². The number of ether oxygens (including phenoxy) is 1. The van der Waals surface area contributed by atoms with Crippen molar-refractivity contribution in [3.8, 4) is 11.8 Å². The molecular formula is C16H21N3O2. The van der Waals surface area contributed by atoms with Crippen LogP contribution in [-0.4, -0.2) is 18.7 Å². The smallest absolute Gasteiger partial charge is 0.271 e. The minimum absolute atomic E-state index is 0.181. The van der Waals surface area contributed by atoms with Gasteiger partial charge < -0.3 is 4.74 Å². The Morgan fingerprint density at radius 3 is 2.62 bits per heavy atom. The Labute approximate surface area is 125 Å². The minimum atomic E-state index is -0.314. The van der Waals surface area contributed by atoms with Crippen molar-refractivity contribution in [3.63, 3.8) is 0 Å². The van der Waals surface area contributed by atoms with Gasteiger partial charge in [-0.1, -0.05) is 26.8 Å². The van der Waals surface area contributed by atoms with Crippen molar-refractivity contribution >= 4 is 11.6 Å². The second-order valence-electron chi connectivity index (χ2n) is 5.72. The van der Waals surface area contributed by atoms with Gasteiger partial charge in [-0.2, -0.15) is 10.4 Å². The topological polar surface area (TPSA) is 74.5 Å². The molecule has 21 heavy (non-hydrogen) atoms. The van der Waals surface area contributed by atoms with E-state index in [0.29, 0.717) is 17.0 Å². The largest absolute Gasteiger partial charge is 0.496 e. The Hall–Kier alpha value is -2.35. The highest BCUT2D eigenvalue weighted by Crippen LogP contribution is 2.21. The molecule has 5 nitrogen and oxygen atoms in total. The molecule has 1 aromatic carbocycles. The molecular weight excluding hydrogens is 266 g/mol. The standard InChI is InChI=1S/C16H21N3O2/c1-11-12(7-6-8-13(11)21-5)15(20)19-18-14(9-10-17)16(2,3)4/h6-8H,9H2,1-5H3,(H,19,20)/b18-14-. The van der Waals surface area contributed by atoms with Crippen LogP contribution in [0.5, 0.6) is 5.75 Å². The molecule has 1 N–H and O–H groups in total.